The number of aliphatic imine (C=N–C) groups is 1. The summed E-state index contributed by atoms with van der Waals surface area (Å²) in [5.74, 6) is 1.43. The van der Waals surface area contributed by atoms with Crippen LogP contribution in [-0.4, -0.2) is 59.6 Å². The van der Waals surface area contributed by atoms with Crippen LogP contribution in [0.1, 0.15) is 32.3 Å². The van der Waals surface area contributed by atoms with Crippen LogP contribution in [-0.2, 0) is 14.9 Å². The van der Waals surface area contributed by atoms with Crippen LogP contribution >= 0.6 is 0 Å². The predicted molar refractivity (Wildman–Crippen MR) is 103 cm³/mol. The van der Waals surface area contributed by atoms with Gasteiger partial charge in [-0.1, -0.05) is 0 Å². The van der Waals surface area contributed by atoms with Crippen LogP contribution in [0, 0.1) is 17.8 Å². The van der Waals surface area contributed by atoms with Crippen molar-refractivity contribution in [2.45, 2.75) is 56.3 Å². The first-order valence-electron chi connectivity index (χ1n) is 10.3. The highest BCUT2D eigenvalue weighted by molar-refractivity contribution is 6.08. The summed E-state index contributed by atoms with van der Waals surface area (Å²) in [6.07, 6.45) is 1.72. The van der Waals surface area contributed by atoms with Gasteiger partial charge < -0.3 is 14.6 Å². The summed E-state index contributed by atoms with van der Waals surface area (Å²) >= 11 is 0. The van der Waals surface area contributed by atoms with E-state index in [9.17, 15) is 9.90 Å². The third-order valence-electron chi connectivity index (χ3n) is 8.38. The van der Waals surface area contributed by atoms with E-state index >= 15 is 0 Å². The molecule has 0 amide bonds. The van der Waals surface area contributed by atoms with E-state index in [1.165, 1.54) is 12.6 Å². The van der Waals surface area contributed by atoms with E-state index in [1.807, 2.05) is 12.1 Å². The number of esters is 1. The van der Waals surface area contributed by atoms with Gasteiger partial charge in [-0.25, -0.2) is 0 Å². The number of methoxy groups -OCH3 is 1. The lowest BCUT2D eigenvalue weighted by atomic mass is 9.62. The van der Waals surface area contributed by atoms with Crippen LogP contribution in [0.2, 0.25) is 0 Å². The molecule has 7 rings (SSSR count). The third kappa shape index (κ3) is 1.73. The summed E-state index contributed by atoms with van der Waals surface area (Å²) in [4.78, 5) is 19.9. The molecule has 0 radical (unpaired) electrons. The van der Waals surface area contributed by atoms with Crippen LogP contribution in [0.15, 0.2) is 23.2 Å². The number of hydrogen-bond donors (Lipinski definition) is 1. The molecule has 5 heterocycles. The Balaban J connectivity index is 1.58. The lowest BCUT2D eigenvalue weighted by molar-refractivity contribution is -0.160. The van der Waals surface area contributed by atoms with Crippen molar-refractivity contribution in [3.63, 3.8) is 0 Å². The number of aliphatic hydroxyl groups excluding tert-OH is 1. The molecule has 6 aliphatic rings. The van der Waals surface area contributed by atoms with Gasteiger partial charge in [-0.15, -0.1) is 0 Å². The minimum atomic E-state index is -0.342. The Hall–Kier alpha value is -1.92. The van der Waals surface area contributed by atoms with E-state index < -0.39 is 0 Å². The summed E-state index contributed by atoms with van der Waals surface area (Å²) in [6.45, 7) is 3.94. The fourth-order valence-corrected chi connectivity index (χ4v) is 7.57. The van der Waals surface area contributed by atoms with Crippen LogP contribution in [0.25, 0.3) is 0 Å². The van der Waals surface area contributed by atoms with Crippen molar-refractivity contribution in [2.24, 2.45) is 22.7 Å². The molecular weight excluding hydrogens is 356 g/mol. The lowest BCUT2D eigenvalue weighted by Gasteiger charge is -2.61. The first-order chi connectivity index (χ1) is 13.5. The Morgan fingerprint density at radius 2 is 2.25 bits per heavy atom. The minimum Gasteiger partial charge on any atom is -0.497 e. The molecule has 5 bridgehead atoms. The molecule has 6 nitrogen and oxygen atoms in total. The maximum absolute atomic E-state index is 12.2. The zero-order valence-electron chi connectivity index (χ0n) is 16.5. The van der Waals surface area contributed by atoms with Crippen molar-refractivity contribution in [1.82, 2.24) is 4.90 Å². The molecule has 1 N–H and O–H groups in total. The number of hydrogen-bond acceptors (Lipinski definition) is 6. The van der Waals surface area contributed by atoms with Gasteiger partial charge in [-0.3, -0.25) is 14.7 Å². The normalized spacial score (nSPS) is 46.2. The number of carbonyl (C=O) groups excluding carboxylic acids is 1. The van der Waals surface area contributed by atoms with Gasteiger partial charge in [0.05, 0.1) is 30.0 Å². The van der Waals surface area contributed by atoms with Gasteiger partial charge in [0.1, 0.15) is 11.9 Å². The summed E-state index contributed by atoms with van der Waals surface area (Å²) in [6, 6.07) is 7.07. The minimum absolute atomic E-state index is 0.189. The molecule has 9 atom stereocenters. The Morgan fingerprint density at radius 3 is 2.96 bits per heavy atom. The van der Waals surface area contributed by atoms with Gasteiger partial charge in [-0.2, -0.15) is 0 Å². The first-order valence-corrected chi connectivity index (χ1v) is 10.3. The lowest BCUT2D eigenvalue weighted by Crippen LogP contribution is -2.70. The van der Waals surface area contributed by atoms with Gasteiger partial charge in [0, 0.05) is 37.5 Å². The second-order valence-electron chi connectivity index (χ2n) is 9.18. The molecule has 5 fully saturated rings. The summed E-state index contributed by atoms with van der Waals surface area (Å²) in [5.41, 5.74) is 2.97. The second-order valence-corrected chi connectivity index (χ2v) is 9.18. The average Bonchev–Trinajstić information content (AvgIpc) is 3.14. The largest absolute Gasteiger partial charge is 0.497 e. The number of aliphatic hydroxyl groups is 1. The quantitative estimate of drug-likeness (QED) is 0.811. The number of piperidine rings is 4. The van der Waals surface area contributed by atoms with Crippen LogP contribution in [0.3, 0.4) is 0 Å². The molecule has 1 spiro atoms. The summed E-state index contributed by atoms with van der Waals surface area (Å²) in [7, 11) is 1.68. The molecule has 148 valence electrons. The van der Waals surface area contributed by atoms with Crippen LogP contribution in [0.5, 0.6) is 5.75 Å². The number of carbonyl (C=O) groups is 1. The molecule has 1 saturated carbocycles. The van der Waals surface area contributed by atoms with Crippen molar-refractivity contribution < 1.29 is 19.4 Å². The average molecular weight is 382 g/mol. The van der Waals surface area contributed by atoms with Crippen molar-refractivity contribution in [1.29, 1.82) is 0 Å². The highest BCUT2D eigenvalue weighted by atomic mass is 16.5. The number of benzene rings is 1. The number of rotatable bonds is 3. The number of nitrogens with zero attached hydrogens (tertiary/aromatic N) is 2. The number of ether oxygens (including phenoxy) is 2. The molecule has 0 aromatic heterocycles. The standard InChI is InChI=1S/C22H26N2O4/c1-10-14(9-25)13-7-17-20-22(15-6-12(27-3)4-5-16(15)23-20)8-18(24(10)17)19(13)21(22)28-11(2)26/h4-6,10,13-14,17-19,21,25H,7-9H2,1-3H3. The second kappa shape index (κ2) is 5.36. The van der Waals surface area contributed by atoms with E-state index in [0.717, 1.165) is 29.8 Å². The molecule has 4 saturated heterocycles. The predicted octanol–water partition coefficient (Wildman–Crippen LogP) is 2.05. The fraction of sp³-hybridized carbons (Fsp3) is 0.636. The first kappa shape index (κ1) is 17.0. The third-order valence-corrected chi connectivity index (χ3v) is 8.38. The van der Waals surface area contributed by atoms with E-state index in [-0.39, 0.29) is 42.0 Å². The Kier molecular flexibility index (Phi) is 3.25. The van der Waals surface area contributed by atoms with E-state index in [2.05, 4.69) is 17.9 Å². The molecule has 6 heteroatoms. The highest BCUT2D eigenvalue weighted by Crippen LogP contribution is 2.67. The van der Waals surface area contributed by atoms with Crippen LogP contribution < -0.4 is 4.74 Å². The molecule has 28 heavy (non-hydrogen) atoms. The maximum atomic E-state index is 12.2. The Labute approximate surface area is 164 Å². The van der Waals surface area contributed by atoms with Crippen molar-refractivity contribution in [2.75, 3.05) is 13.7 Å². The summed E-state index contributed by atoms with van der Waals surface area (Å²) in [5, 5.41) is 10.1. The monoisotopic (exact) mass is 382 g/mol. The van der Waals surface area contributed by atoms with E-state index in [0.29, 0.717) is 18.0 Å². The Bertz CT molecular complexity index is 914. The number of fused-ring (bicyclic) bond motifs is 2. The van der Waals surface area contributed by atoms with Gasteiger partial charge in [-0.05, 0) is 49.4 Å². The molecule has 1 aliphatic carbocycles. The fourth-order valence-electron chi connectivity index (χ4n) is 7.57. The van der Waals surface area contributed by atoms with E-state index in [4.69, 9.17) is 14.5 Å². The molecule has 1 aromatic rings. The molecule has 1 aromatic carbocycles. The van der Waals surface area contributed by atoms with Crippen molar-refractivity contribution in [3.8, 4) is 5.75 Å². The maximum Gasteiger partial charge on any atom is 0.302 e. The summed E-state index contributed by atoms with van der Waals surface area (Å²) < 4.78 is 11.6. The zero-order valence-corrected chi connectivity index (χ0v) is 16.5. The van der Waals surface area contributed by atoms with Gasteiger partial charge >= 0.3 is 5.97 Å². The molecule has 9 unspecified atom stereocenters. The molecule has 5 aliphatic heterocycles. The topological polar surface area (TPSA) is 71.4 Å². The SMILES string of the molecule is COc1ccc2c(c1)C13CC4C(C5CC(C1=N2)N4C(C)C5CO)C3OC(C)=O. The smallest absolute Gasteiger partial charge is 0.302 e. The Morgan fingerprint density at radius 1 is 1.43 bits per heavy atom. The molecular formula is C22H26N2O4. The van der Waals surface area contributed by atoms with E-state index in [1.54, 1.807) is 7.11 Å². The van der Waals surface area contributed by atoms with Crippen molar-refractivity contribution in [3.05, 3.63) is 23.8 Å². The van der Waals surface area contributed by atoms with Gasteiger partial charge in [0.15, 0.2) is 0 Å². The highest BCUT2D eigenvalue weighted by Gasteiger charge is 2.75. The van der Waals surface area contributed by atoms with Gasteiger partial charge in [0.2, 0.25) is 0 Å². The van der Waals surface area contributed by atoms with Gasteiger partial charge in [0.25, 0.3) is 0 Å². The van der Waals surface area contributed by atoms with Crippen LogP contribution in [0.4, 0.5) is 5.69 Å². The van der Waals surface area contributed by atoms with Crippen molar-refractivity contribution >= 4 is 17.4 Å². The zero-order chi connectivity index (χ0) is 19.4.